The maximum absolute atomic E-state index is 13.0. The average Bonchev–Trinajstić information content (AvgIpc) is 3.14. The van der Waals surface area contributed by atoms with E-state index in [2.05, 4.69) is 20.1 Å². The van der Waals surface area contributed by atoms with Crippen LogP contribution < -0.4 is 10.0 Å². The highest BCUT2D eigenvalue weighted by atomic mass is 32.2. The van der Waals surface area contributed by atoms with Crippen molar-refractivity contribution in [2.24, 2.45) is 5.92 Å². The van der Waals surface area contributed by atoms with Gasteiger partial charge in [0.1, 0.15) is 10.7 Å². The average molecular weight is 446 g/mol. The van der Waals surface area contributed by atoms with Gasteiger partial charge in [-0.05, 0) is 69.8 Å². The molecule has 31 heavy (non-hydrogen) atoms. The number of hydrogen-bond acceptors (Lipinski definition) is 6. The van der Waals surface area contributed by atoms with E-state index < -0.39 is 10.0 Å². The molecule has 2 N–H and O–H groups in total. The molecule has 0 bridgehead atoms. The molecule has 2 aromatic rings. The summed E-state index contributed by atoms with van der Waals surface area (Å²) in [5.41, 5.74) is 3.35. The van der Waals surface area contributed by atoms with Gasteiger partial charge in [0.05, 0.1) is 12.3 Å². The van der Waals surface area contributed by atoms with Crippen molar-refractivity contribution in [3.63, 3.8) is 0 Å². The van der Waals surface area contributed by atoms with Crippen LogP contribution in [0.2, 0.25) is 0 Å². The van der Waals surface area contributed by atoms with E-state index in [1.165, 1.54) is 35.5 Å². The number of sulfonamides is 1. The lowest BCUT2D eigenvalue weighted by molar-refractivity contribution is 0.0585. The second kappa shape index (κ2) is 8.52. The highest BCUT2D eigenvalue weighted by Gasteiger charge is 2.33. The summed E-state index contributed by atoms with van der Waals surface area (Å²) in [6, 6.07) is 1.82. The number of allylic oxidation sites excluding steroid dienone is 1. The lowest BCUT2D eigenvalue weighted by Gasteiger charge is -2.35. The smallest absolute Gasteiger partial charge is 0.246 e. The minimum Gasteiger partial charge on any atom is -0.381 e. The Labute approximate surface area is 183 Å². The molecule has 9 heteroatoms. The molecule has 0 saturated heterocycles. The monoisotopic (exact) mass is 445 g/mol. The van der Waals surface area contributed by atoms with Crippen molar-refractivity contribution in [1.82, 2.24) is 19.3 Å². The third-order valence-corrected chi connectivity index (χ3v) is 8.60. The van der Waals surface area contributed by atoms with Crippen LogP contribution in [0.15, 0.2) is 34.5 Å². The number of nitrogens with one attached hydrogen (secondary N) is 2. The maximum Gasteiger partial charge on any atom is 0.246 e. The van der Waals surface area contributed by atoms with Crippen molar-refractivity contribution < 1.29 is 13.2 Å². The summed E-state index contributed by atoms with van der Waals surface area (Å²) in [7, 11) is -1.88. The molecule has 5 rings (SSSR count). The summed E-state index contributed by atoms with van der Waals surface area (Å²) in [6.07, 6.45) is 13.3. The Bertz CT molecular complexity index is 1070. The van der Waals surface area contributed by atoms with Crippen LogP contribution in [-0.2, 0) is 14.8 Å². The van der Waals surface area contributed by atoms with E-state index in [9.17, 15) is 8.42 Å². The molecule has 3 fully saturated rings. The van der Waals surface area contributed by atoms with Crippen molar-refractivity contribution in [1.29, 1.82) is 0 Å². The first-order valence-electron chi connectivity index (χ1n) is 11.3. The molecule has 3 saturated carbocycles. The number of nitrogens with zero attached hydrogens (tertiary/aromatic N) is 3. The Morgan fingerprint density at radius 3 is 2.61 bits per heavy atom. The van der Waals surface area contributed by atoms with E-state index >= 15 is 0 Å². The van der Waals surface area contributed by atoms with Crippen LogP contribution in [0.1, 0.15) is 57.8 Å². The van der Waals surface area contributed by atoms with Gasteiger partial charge in [-0.25, -0.2) is 22.6 Å². The number of rotatable bonds is 7. The van der Waals surface area contributed by atoms with E-state index in [4.69, 9.17) is 4.74 Å². The van der Waals surface area contributed by atoms with Gasteiger partial charge in [0, 0.05) is 25.9 Å². The van der Waals surface area contributed by atoms with Crippen molar-refractivity contribution in [3.8, 4) is 0 Å². The molecule has 0 aromatic carbocycles. The standard InChI is InChI=1S/C22H31N5O3S/c1-30-19-7-5-15(6-8-19)13-23-21-9-10-27-22(25-21)20(14-24-27)31(28,29)26-18-11-17(12-18)16-3-2-4-16/h9-10,14-15,18-19,26H,2-8,11-13H2,1H3,(H,23,25). The van der Waals surface area contributed by atoms with Gasteiger partial charge in [-0.15, -0.1) is 0 Å². The first kappa shape index (κ1) is 20.9. The quantitative estimate of drug-likeness (QED) is 0.635. The van der Waals surface area contributed by atoms with Crippen molar-refractivity contribution in [2.75, 3.05) is 19.0 Å². The number of methoxy groups -OCH3 is 1. The van der Waals surface area contributed by atoms with Gasteiger partial charge in [-0.3, -0.25) is 0 Å². The van der Waals surface area contributed by atoms with Crippen LogP contribution >= 0.6 is 0 Å². The highest BCUT2D eigenvalue weighted by molar-refractivity contribution is 7.89. The molecular weight excluding hydrogens is 414 g/mol. The van der Waals surface area contributed by atoms with E-state index in [0.717, 1.165) is 45.1 Å². The van der Waals surface area contributed by atoms with Gasteiger partial charge in [0.15, 0.2) is 5.65 Å². The zero-order valence-electron chi connectivity index (χ0n) is 18.0. The zero-order chi connectivity index (χ0) is 21.4. The van der Waals surface area contributed by atoms with E-state index in [-0.39, 0.29) is 10.9 Å². The summed E-state index contributed by atoms with van der Waals surface area (Å²) < 4.78 is 35.8. The predicted molar refractivity (Wildman–Crippen MR) is 118 cm³/mol. The molecule has 0 radical (unpaired) electrons. The Hall–Kier alpha value is -1.97. The maximum atomic E-state index is 13.0. The van der Waals surface area contributed by atoms with E-state index in [1.54, 1.807) is 18.9 Å². The molecule has 0 aliphatic heterocycles. The molecule has 8 nitrogen and oxygen atoms in total. The summed E-state index contributed by atoms with van der Waals surface area (Å²) in [5.74, 6) is 1.26. The fourth-order valence-electron chi connectivity index (χ4n) is 4.85. The fourth-order valence-corrected chi connectivity index (χ4v) is 6.15. The topological polar surface area (TPSA) is 97.6 Å². The molecule has 0 atom stereocenters. The third-order valence-electron chi connectivity index (χ3n) is 7.09. The number of hydrogen-bond donors (Lipinski definition) is 2. The lowest BCUT2D eigenvalue weighted by atomic mass is 9.77. The molecular formula is C22H31N5O3S. The normalized spacial score (nSPS) is 26.5. The Morgan fingerprint density at radius 1 is 1.16 bits per heavy atom. The summed E-state index contributed by atoms with van der Waals surface area (Å²) in [6.45, 7) is 0.827. The van der Waals surface area contributed by atoms with Crippen LogP contribution in [0.5, 0.6) is 0 Å². The second-order valence-corrected chi connectivity index (χ2v) is 10.8. The Kier molecular flexibility index (Phi) is 5.75. The number of fused-ring (bicyclic) bond motifs is 1. The second-order valence-electron chi connectivity index (χ2n) is 9.14. The molecule has 2 heterocycles. The number of aromatic nitrogens is 3. The highest BCUT2D eigenvalue weighted by Crippen LogP contribution is 2.39. The molecule has 3 aliphatic carbocycles. The fraction of sp³-hybridized carbons (Fsp3) is 0.636. The van der Waals surface area contributed by atoms with Gasteiger partial charge in [-0.1, -0.05) is 11.1 Å². The van der Waals surface area contributed by atoms with E-state index in [1.807, 2.05) is 6.07 Å². The van der Waals surface area contributed by atoms with Crippen LogP contribution in [-0.4, -0.2) is 48.8 Å². The number of anilines is 1. The molecule has 0 amide bonds. The summed E-state index contributed by atoms with van der Waals surface area (Å²) in [4.78, 5) is 4.71. The molecule has 3 aliphatic rings. The largest absolute Gasteiger partial charge is 0.381 e. The summed E-state index contributed by atoms with van der Waals surface area (Å²) in [5, 5.41) is 7.58. The lowest BCUT2D eigenvalue weighted by Crippen LogP contribution is -2.41. The molecule has 2 aromatic heterocycles. The van der Waals surface area contributed by atoms with Crippen LogP contribution in [0.3, 0.4) is 0 Å². The van der Waals surface area contributed by atoms with Gasteiger partial charge in [0.2, 0.25) is 10.0 Å². The number of ether oxygens (including phenoxy) is 1. The predicted octanol–water partition coefficient (Wildman–Crippen LogP) is 3.27. The van der Waals surface area contributed by atoms with Gasteiger partial charge in [-0.2, -0.15) is 5.10 Å². The van der Waals surface area contributed by atoms with Crippen molar-refractivity contribution >= 4 is 21.5 Å². The SMILES string of the molecule is COC1CCC(CNc2ccn3ncc(S(=O)(=O)NC4CC(=C5CCC5)C4)c3n2)CC1. The van der Waals surface area contributed by atoms with Gasteiger partial charge in [0.25, 0.3) is 0 Å². The first-order valence-corrected chi connectivity index (χ1v) is 12.8. The third kappa shape index (κ3) is 4.36. The Morgan fingerprint density at radius 2 is 1.94 bits per heavy atom. The zero-order valence-corrected chi connectivity index (χ0v) is 18.8. The molecule has 0 unspecified atom stereocenters. The van der Waals surface area contributed by atoms with Gasteiger partial charge < -0.3 is 10.1 Å². The van der Waals surface area contributed by atoms with Crippen LogP contribution in [0, 0.1) is 5.92 Å². The minimum absolute atomic E-state index is 0.0217. The van der Waals surface area contributed by atoms with Crippen LogP contribution in [0.25, 0.3) is 5.65 Å². The first-order chi connectivity index (χ1) is 15.0. The minimum atomic E-state index is -3.66. The van der Waals surface area contributed by atoms with E-state index in [0.29, 0.717) is 23.5 Å². The summed E-state index contributed by atoms with van der Waals surface area (Å²) >= 11 is 0. The van der Waals surface area contributed by atoms with Crippen LogP contribution in [0.4, 0.5) is 5.82 Å². The Balaban J connectivity index is 1.24. The van der Waals surface area contributed by atoms with Crippen molar-refractivity contribution in [2.45, 2.75) is 74.8 Å². The van der Waals surface area contributed by atoms with Gasteiger partial charge >= 0.3 is 0 Å². The molecule has 0 spiro atoms. The molecule has 168 valence electrons. The van der Waals surface area contributed by atoms with Crippen molar-refractivity contribution in [3.05, 3.63) is 29.6 Å².